The molecule has 5 rings (SSSR count). The number of aryl methyl sites for hydroxylation is 3. The molecule has 3 aliphatic rings. The molecule has 0 atom stereocenters. The third-order valence-electron chi connectivity index (χ3n) is 7.20. The molecule has 0 saturated carbocycles. The Bertz CT molecular complexity index is 1140. The predicted molar refractivity (Wildman–Crippen MR) is 123 cm³/mol. The minimum Gasteiger partial charge on any atom is -0.368 e. The molecule has 0 radical (unpaired) electrons. The van der Waals surface area contributed by atoms with Crippen molar-refractivity contribution in [3.8, 4) is 0 Å². The van der Waals surface area contributed by atoms with Crippen LogP contribution in [0.2, 0.25) is 0 Å². The maximum Gasteiger partial charge on any atom is 0.0923 e. The highest BCUT2D eigenvalue weighted by Gasteiger charge is 2.30. The highest BCUT2D eigenvalue weighted by atomic mass is 15.1. The fraction of sp³-hybridized carbons (Fsp3) is 0.370. The number of pyridine rings is 1. The van der Waals surface area contributed by atoms with Gasteiger partial charge in [-0.15, -0.1) is 0 Å². The monoisotopic (exact) mass is 382 g/mol. The summed E-state index contributed by atoms with van der Waals surface area (Å²) in [5.74, 6) is 0. The van der Waals surface area contributed by atoms with Crippen molar-refractivity contribution >= 4 is 16.6 Å². The van der Waals surface area contributed by atoms with Gasteiger partial charge in [-0.1, -0.05) is 24.8 Å². The first-order valence-electron chi connectivity index (χ1n) is 10.9. The molecule has 0 bridgehead atoms. The second-order valence-corrected chi connectivity index (χ2v) is 9.03. The average Bonchev–Trinajstić information content (AvgIpc) is 3.02. The number of hydrogen-bond donors (Lipinski definition) is 0. The van der Waals surface area contributed by atoms with Crippen molar-refractivity contribution in [1.29, 1.82) is 0 Å². The quantitative estimate of drug-likeness (QED) is 0.563. The topological polar surface area (TPSA) is 16.1 Å². The lowest BCUT2D eigenvalue weighted by Crippen LogP contribution is -2.10. The van der Waals surface area contributed by atoms with Crippen LogP contribution in [0.1, 0.15) is 59.2 Å². The summed E-state index contributed by atoms with van der Waals surface area (Å²) < 4.78 is 0. The molecule has 148 valence electrons. The van der Waals surface area contributed by atoms with Crippen molar-refractivity contribution in [2.45, 2.75) is 58.9 Å². The van der Waals surface area contributed by atoms with Crippen molar-refractivity contribution in [2.24, 2.45) is 0 Å². The van der Waals surface area contributed by atoms with E-state index in [0.717, 1.165) is 25.8 Å². The largest absolute Gasteiger partial charge is 0.368 e. The molecule has 0 amide bonds. The smallest absolute Gasteiger partial charge is 0.0923 e. The van der Waals surface area contributed by atoms with Crippen LogP contribution in [0.25, 0.3) is 16.6 Å². The summed E-state index contributed by atoms with van der Waals surface area (Å²) in [6.45, 7) is 13.8. The van der Waals surface area contributed by atoms with Crippen molar-refractivity contribution < 1.29 is 0 Å². The average molecular weight is 383 g/mol. The number of fused-ring (bicyclic) bond motifs is 2. The summed E-state index contributed by atoms with van der Waals surface area (Å²) in [6.07, 6.45) is 11.1. The number of nitrogens with zero attached hydrogens (tertiary/aromatic N) is 2. The van der Waals surface area contributed by atoms with Gasteiger partial charge in [0.25, 0.3) is 0 Å². The molecule has 1 aliphatic heterocycles. The Labute approximate surface area is 174 Å². The molecule has 2 aliphatic carbocycles. The van der Waals surface area contributed by atoms with E-state index in [2.05, 4.69) is 51.1 Å². The Morgan fingerprint density at radius 3 is 2.62 bits per heavy atom. The van der Waals surface area contributed by atoms with Gasteiger partial charge in [0, 0.05) is 24.5 Å². The minimum absolute atomic E-state index is 0.955. The first-order valence-corrected chi connectivity index (χ1v) is 10.9. The van der Waals surface area contributed by atoms with E-state index in [1.807, 2.05) is 6.08 Å². The molecule has 0 unspecified atom stereocenters. The highest BCUT2D eigenvalue weighted by Crippen LogP contribution is 2.42. The van der Waals surface area contributed by atoms with Crippen LogP contribution in [0.15, 0.2) is 48.1 Å². The standard InChI is InChI=1S/C27H30N2/c1-6-19-11-10-16(2)12-20(19)14-25-27-23(15-29(25)5)22-9-7-8-21-18(4)17(3)13-24(28-27)26(21)22/h6,13-14H,1-2,7-12,15H2,3-5H3/b25-14-. The summed E-state index contributed by atoms with van der Waals surface area (Å²) in [5, 5.41) is 1.45. The second kappa shape index (κ2) is 6.73. The number of hydrogen-bond acceptors (Lipinski definition) is 2. The van der Waals surface area contributed by atoms with Crippen molar-refractivity contribution in [2.75, 3.05) is 7.05 Å². The third-order valence-corrected chi connectivity index (χ3v) is 7.20. The van der Waals surface area contributed by atoms with Crippen LogP contribution in [0.3, 0.4) is 0 Å². The van der Waals surface area contributed by atoms with E-state index in [0.29, 0.717) is 0 Å². The number of aromatic nitrogens is 1. The SMILES string of the molecule is C=CC1=C(/C=C2/c3nc4cc(C)c(C)c5c4c(c3CN2C)CCC5)CC(=C)CC1. The molecule has 1 aromatic heterocycles. The molecule has 0 fully saturated rings. The van der Waals surface area contributed by atoms with E-state index in [-0.39, 0.29) is 0 Å². The van der Waals surface area contributed by atoms with Gasteiger partial charge < -0.3 is 4.90 Å². The minimum atomic E-state index is 0.955. The summed E-state index contributed by atoms with van der Waals surface area (Å²) in [4.78, 5) is 7.63. The van der Waals surface area contributed by atoms with Gasteiger partial charge in [-0.25, -0.2) is 4.98 Å². The third kappa shape index (κ3) is 2.80. The lowest BCUT2D eigenvalue weighted by atomic mass is 9.83. The van der Waals surface area contributed by atoms with Gasteiger partial charge in [0.05, 0.1) is 16.9 Å². The van der Waals surface area contributed by atoms with E-state index in [4.69, 9.17) is 4.98 Å². The van der Waals surface area contributed by atoms with Gasteiger partial charge in [-0.3, -0.25) is 0 Å². The highest BCUT2D eigenvalue weighted by molar-refractivity contribution is 5.92. The molecule has 2 heteroatoms. The van der Waals surface area contributed by atoms with E-state index >= 15 is 0 Å². The van der Waals surface area contributed by atoms with Crippen LogP contribution in [0, 0.1) is 13.8 Å². The van der Waals surface area contributed by atoms with Crippen molar-refractivity contribution in [3.05, 3.63) is 81.6 Å². The molecule has 2 nitrogen and oxygen atoms in total. The number of allylic oxidation sites excluding steroid dienone is 5. The Morgan fingerprint density at radius 2 is 1.83 bits per heavy atom. The van der Waals surface area contributed by atoms with E-state index in [1.165, 1.54) is 80.5 Å². The Hall–Kier alpha value is -2.61. The molecule has 2 aromatic rings. The molecule has 1 aromatic carbocycles. The Morgan fingerprint density at radius 1 is 1.03 bits per heavy atom. The fourth-order valence-electron chi connectivity index (χ4n) is 5.45. The zero-order valence-electron chi connectivity index (χ0n) is 18.0. The summed E-state index contributed by atoms with van der Waals surface area (Å²) in [6, 6.07) is 2.30. The van der Waals surface area contributed by atoms with Crippen LogP contribution in [0.5, 0.6) is 0 Å². The molecular formula is C27H30N2. The van der Waals surface area contributed by atoms with Gasteiger partial charge in [-0.2, -0.15) is 0 Å². The number of benzene rings is 1. The predicted octanol–water partition coefficient (Wildman–Crippen LogP) is 6.35. The van der Waals surface area contributed by atoms with Crippen LogP contribution >= 0.6 is 0 Å². The van der Waals surface area contributed by atoms with Crippen LogP contribution in [-0.4, -0.2) is 16.9 Å². The van der Waals surface area contributed by atoms with Crippen molar-refractivity contribution in [3.63, 3.8) is 0 Å². The second-order valence-electron chi connectivity index (χ2n) is 9.03. The lowest BCUT2D eigenvalue weighted by Gasteiger charge is -2.22. The first kappa shape index (κ1) is 18.4. The van der Waals surface area contributed by atoms with Gasteiger partial charge in [0.2, 0.25) is 0 Å². The Kier molecular flexibility index (Phi) is 4.27. The Balaban J connectivity index is 1.75. The normalized spacial score (nSPS) is 20.0. The van der Waals surface area contributed by atoms with E-state index < -0.39 is 0 Å². The molecule has 0 N–H and O–H groups in total. The summed E-state index contributed by atoms with van der Waals surface area (Å²) in [7, 11) is 2.21. The molecule has 29 heavy (non-hydrogen) atoms. The van der Waals surface area contributed by atoms with Crippen LogP contribution in [0.4, 0.5) is 0 Å². The zero-order valence-corrected chi connectivity index (χ0v) is 18.0. The molecular weight excluding hydrogens is 352 g/mol. The van der Waals surface area contributed by atoms with Gasteiger partial charge in [-0.05, 0) is 97.9 Å². The van der Waals surface area contributed by atoms with Crippen LogP contribution < -0.4 is 0 Å². The maximum atomic E-state index is 5.25. The number of rotatable bonds is 2. The van der Waals surface area contributed by atoms with E-state index in [1.54, 1.807) is 5.56 Å². The summed E-state index contributed by atoms with van der Waals surface area (Å²) in [5.41, 5.74) is 15.0. The van der Waals surface area contributed by atoms with E-state index in [9.17, 15) is 0 Å². The van der Waals surface area contributed by atoms with Gasteiger partial charge in [0.15, 0.2) is 0 Å². The van der Waals surface area contributed by atoms with Crippen molar-refractivity contribution in [1.82, 2.24) is 9.88 Å². The summed E-state index contributed by atoms with van der Waals surface area (Å²) >= 11 is 0. The first-order chi connectivity index (χ1) is 14.0. The zero-order chi connectivity index (χ0) is 20.3. The van der Waals surface area contributed by atoms with Crippen LogP contribution in [-0.2, 0) is 19.4 Å². The maximum absolute atomic E-state index is 5.25. The van der Waals surface area contributed by atoms with Gasteiger partial charge >= 0.3 is 0 Å². The molecule has 2 heterocycles. The fourth-order valence-corrected chi connectivity index (χ4v) is 5.45. The lowest BCUT2D eigenvalue weighted by molar-refractivity contribution is 0.498. The molecule has 0 saturated heterocycles. The van der Waals surface area contributed by atoms with Gasteiger partial charge in [0.1, 0.15) is 0 Å². The molecule has 0 spiro atoms.